The van der Waals surface area contributed by atoms with E-state index in [2.05, 4.69) is 4.90 Å². The van der Waals surface area contributed by atoms with Crippen molar-refractivity contribution in [3.63, 3.8) is 0 Å². The van der Waals surface area contributed by atoms with Gasteiger partial charge in [-0.2, -0.15) is 13.2 Å². The number of hydrogen-bond donors (Lipinski definition) is 0. The SMILES string of the molecule is CC1[C@H](C)N(C(=O)c2ccc(S(=O)CC(=O)c3ccc(Cl)c(C(F)(F)F)c3)c(Cl)c2)CCN1c1cccc(Cl)c1. The van der Waals surface area contributed by atoms with Crippen molar-refractivity contribution in [2.75, 3.05) is 23.7 Å². The van der Waals surface area contributed by atoms with E-state index in [0.717, 1.165) is 17.8 Å². The van der Waals surface area contributed by atoms with Crippen LogP contribution in [0.15, 0.2) is 65.6 Å². The van der Waals surface area contributed by atoms with Crippen molar-refractivity contribution in [3.8, 4) is 0 Å². The molecule has 3 aromatic carbocycles. The summed E-state index contributed by atoms with van der Waals surface area (Å²) in [6.07, 6.45) is -4.74. The van der Waals surface area contributed by atoms with Gasteiger partial charge in [0.05, 0.1) is 37.1 Å². The molecule has 212 valence electrons. The molecule has 1 aliphatic rings. The summed E-state index contributed by atoms with van der Waals surface area (Å²) in [5.41, 5.74) is -0.159. The van der Waals surface area contributed by atoms with Crippen LogP contribution < -0.4 is 4.90 Å². The van der Waals surface area contributed by atoms with Gasteiger partial charge >= 0.3 is 6.18 Å². The first kappa shape index (κ1) is 30.4. The van der Waals surface area contributed by atoms with Crippen LogP contribution in [0.25, 0.3) is 0 Å². The number of alkyl halides is 3. The van der Waals surface area contributed by atoms with Crippen LogP contribution in [-0.2, 0) is 17.0 Å². The third-order valence-corrected chi connectivity index (χ3v) is 9.30. The zero-order chi connectivity index (χ0) is 29.4. The Labute approximate surface area is 247 Å². The van der Waals surface area contributed by atoms with E-state index < -0.39 is 39.1 Å². The standard InChI is InChI=1S/C28H24Cl3F3N2O3S/c1-16-17(2)36(11-10-35(16)21-5-3-4-20(29)14-21)27(38)19-7-9-26(24(31)13-19)40(39)15-25(37)18-6-8-23(30)22(12-18)28(32,33)34/h3-9,12-14,16-17H,10-11,15H2,1-2H3/t16?,17-,40?/m0/s1. The van der Waals surface area contributed by atoms with Crippen molar-refractivity contribution < 1.29 is 27.0 Å². The van der Waals surface area contributed by atoms with E-state index in [4.69, 9.17) is 34.8 Å². The van der Waals surface area contributed by atoms with Crippen LogP contribution >= 0.6 is 34.8 Å². The molecule has 0 N–H and O–H groups in total. The van der Waals surface area contributed by atoms with Gasteiger partial charge in [-0.25, -0.2) is 0 Å². The largest absolute Gasteiger partial charge is 0.417 e. The number of anilines is 1. The minimum Gasteiger partial charge on any atom is -0.365 e. The van der Waals surface area contributed by atoms with Gasteiger partial charge in [-0.1, -0.05) is 40.9 Å². The van der Waals surface area contributed by atoms with E-state index in [9.17, 15) is 27.0 Å². The lowest BCUT2D eigenvalue weighted by Crippen LogP contribution is -2.59. The van der Waals surface area contributed by atoms with Gasteiger partial charge < -0.3 is 9.80 Å². The Morgan fingerprint density at radius 1 is 0.900 bits per heavy atom. The van der Waals surface area contributed by atoms with Gasteiger partial charge in [0, 0.05) is 47.0 Å². The Balaban J connectivity index is 1.46. The number of Topliss-reactive ketones (excluding diaryl/α,β-unsaturated/α-hetero) is 1. The van der Waals surface area contributed by atoms with Crippen molar-refractivity contribution >= 4 is 63.0 Å². The summed E-state index contributed by atoms with van der Waals surface area (Å²) in [5, 5.41) is 0.106. The lowest BCUT2D eigenvalue weighted by molar-refractivity contribution is -0.137. The van der Waals surface area contributed by atoms with Gasteiger partial charge in [0.15, 0.2) is 5.78 Å². The Kier molecular flexibility index (Phi) is 9.19. The fourth-order valence-corrected chi connectivity index (χ4v) is 6.53. The number of ketones is 1. The Hall–Kier alpha value is -2.59. The second kappa shape index (κ2) is 12.1. The van der Waals surface area contributed by atoms with Gasteiger partial charge in [-0.3, -0.25) is 13.8 Å². The topological polar surface area (TPSA) is 57.7 Å². The molecule has 4 rings (SSSR count). The number of halogens is 6. The number of hydrogen-bond acceptors (Lipinski definition) is 4. The van der Waals surface area contributed by atoms with E-state index >= 15 is 0 Å². The highest BCUT2D eigenvalue weighted by molar-refractivity contribution is 7.86. The minimum absolute atomic E-state index is 0.00448. The number of amides is 1. The van der Waals surface area contributed by atoms with Crippen molar-refractivity contribution in [1.29, 1.82) is 0 Å². The molecule has 0 radical (unpaired) electrons. The molecule has 1 amide bonds. The van der Waals surface area contributed by atoms with Crippen LogP contribution in [0.3, 0.4) is 0 Å². The van der Waals surface area contributed by atoms with Gasteiger partial charge in [-0.05, 0) is 68.4 Å². The van der Waals surface area contributed by atoms with E-state index in [1.54, 1.807) is 11.0 Å². The first-order valence-corrected chi connectivity index (χ1v) is 14.6. The average molecular weight is 632 g/mol. The molecule has 0 aromatic heterocycles. The van der Waals surface area contributed by atoms with E-state index in [-0.39, 0.29) is 33.5 Å². The molecule has 0 aliphatic carbocycles. The molecule has 0 spiro atoms. The molecular formula is C28H24Cl3F3N2O3S. The van der Waals surface area contributed by atoms with E-state index in [1.807, 2.05) is 32.0 Å². The molecule has 0 saturated carbocycles. The lowest BCUT2D eigenvalue weighted by Gasteiger charge is -2.46. The average Bonchev–Trinajstić information content (AvgIpc) is 2.89. The van der Waals surface area contributed by atoms with Crippen molar-refractivity contribution in [1.82, 2.24) is 4.90 Å². The number of piperazine rings is 1. The third kappa shape index (κ3) is 6.48. The molecule has 3 aromatic rings. The highest BCUT2D eigenvalue weighted by Gasteiger charge is 2.35. The van der Waals surface area contributed by atoms with Crippen LogP contribution in [0, 0.1) is 0 Å². The smallest absolute Gasteiger partial charge is 0.365 e. The van der Waals surface area contributed by atoms with Gasteiger partial charge in [0.2, 0.25) is 0 Å². The summed E-state index contributed by atoms with van der Waals surface area (Å²) in [4.78, 5) is 30.0. The molecule has 40 heavy (non-hydrogen) atoms. The zero-order valence-electron chi connectivity index (χ0n) is 21.3. The molecule has 12 heteroatoms. The molecule has 3 atom stereocenters. The second-order valence-corrected chi connectivity index (χ2v) is 12.1. The van der Waals surface area contributed by atoms with Crippen molar-refractivity contribution in [2.45, 2.75) is 37.0 Å². The maximum atomic E-state index is 13.4. The summed E-state index contributed by atoms with van der Waals surface area (Å²) in [6, 6.07) is 14.4. The normalized spacial score (nSPS) is 18.5. The number of carbonyl (C=O) groups excluding carboxylic acids is 2. The van der Waals surface area contributed by atoms with Crippen LogP contribution in [0.5, 0.6) is 0 Å². The Morgan fingerprint density at radius 2 is 1.60 bits per heavy atom. The lowest BCUT2D eigenvalue weighted by atomic mass is 10.0. The number of nitrogens with zero attached hydrogens (tertiary/aromatic N) is 2. The Bertz CT molecular complexity index is 1480. The summed E-state index contributed by atoms with van der Waals surface area (Å²) < 4.78 is 52.4. The highest BCUT2D eigenvalue weighted by Crippen LogP contribution is 2.35. The predicted octanol–water partition coefficient (Wildman–Crippen LogP) is 7.40. The molecular weight excluding hydrogens is 608 g/mol. The van der Waals surface area contributed by atoms with Gasteiger partial charge in [-0.15, -0.1) is 0 Å². The molecule has 1 saturated heterocycles. The molecule has 1 aliphatic heterocycles. The number of benzene rings is 3. The first-order chi connectivity index (χ1) is 18.8. The Morgan fingerprint density at radius 3 is 2.25 bits per heavy atom. The molecule has 1 heterocycles. The summed E-state index contributed by atoms with van der Waals surface area (Å²) >= 11 is 18.1. The molecule has 2 unspecified atom stereocenters. The molecule has 0 bridgehead atoms. The second-order valence-electron chi connectivity index (χ2n) is 9.40. The van der Waals surface area contributed by atoms with Crippen LogP contribution in [0.4, 0.5) is 18.9 Å². The summed E-state index contributed by atoms with van der Waals surface area (Å²) in [5.74, 6) is -1.61. The van der Waals surface area contributed by atoms with Crippen LogP contribution in [0.1, 0.15) is 40.1 Å². The minimum atomic E-state index is -4.74. The van der Waals surface area contributed by atoms with E-state index in [1.165, 1.54) is 18.2 Å². The van der Waals surface area contributed by atoms with Crippen molar-refractivity contribution in [3.05, 3.63) is 92.4 Å². The third-order valence-electron chi connectivity index (χ3n) is 6.94. The predicted molar refractivity (Wildman–Crippen MR) is 152 cm³/mol. The quantitative estimate of drug-likeness (QED) is 0.266. The fourth-order valence-electron chi connectivity index (χ4n) is 4.63. The summed E-state index contributed by atoms with van der Waals surface area (Å²) in [6.45, 7) is 5.03. The molecule has 5 nitrogen and oxygen atoms in total. The number of carbonyl (C=O) groups is 2. The van der Waals surface area contributed by atoms with E-state index in [0.29, 0.717) is 29.7 Å². The maximum Gasteiger partial charge on any atom is 0.417 e. The number of rotatable bonds is 6. The van der Waals surface area contributed by atoms with Crippen molar-refractivity contribution in [2.24, 2.45) is 0 Å². The maximum absolute atomic E-state index is 13.4. The summed E-state index contributed by atoms with van der Waals surface area (Å²) in [7, 11) is -1.96. The van der Waals surface area contributed by atoms with Gasteiger partial charge in [0.1, 0.15) is 0 Å². The van der Waals surface area contributed by atoms with Crippen LogP contribution in [-0.4, -0.2) is 51.7 Å². The monoisotopic (exact) mass is 630 g/mol. The zero-order valence-corrected chi connectivity index (χ0v) is 24.4. The highest BCUT2D eigenvalue weighted by atomic mass is 35.5. The molecule has 1 fully saturated rings. The van der Waals surface area contributed by atoms with Gasteiger partial charge in [0.25, 0.3) is 5.91 Å². The first-order valence-electron chi connectivity index (χ1n) is 12.2. The fraction of sp³-hybridized carbons (Fsp3) is 0.286. The van der Waals surface area contributed by atoms with Crippen LogP contribution in [0.2, 0.25) is 15.1 Å².